The zero-order valence-corrected chi connectivity index (χ0v) is 11.8. The lowest BCUT2D eigenvalue weighted by molar-refractivity contribution is -0.123. The smallest absolute Gasteiger partial charge is 0.231 e. The van der Waals surface area contributed by atoms with Gasteiger partial charge in [0.1, 0.15) is 0 Å². The molecule has 104 valence electrons. The van der Waals surface area contributed by atoms with Gasteiger partial charge >= 0.3 is 0 Å². The summed E-state index contributed by atoms with van der Waals surface area (Å²) in [5.74, 6) is -0.284. The van der Waals surface area contributed by atoms with Crippen LogP contribution in [0.2, 0.25) is 0 Å². The van der Waals surface area contributed by atoms with Gasteiger partial charge in [-0.1, -0.05) is 23.8 Å². The summed E-state index contributed by atoms with van der Waals surface area (Å²) in [4.78, 5) is 13.2. The van der Waals surface area contributed by atoms with Gasteiger partial charge in [0.25, 0.3) is 0 Å². The standard InChI is InChI=1S/C15H22N2O2/c1-10-4-5-11(2)13(6-10)14-7-17(8-15(16)18)12(3)9-19-14/h4-6,12,14H,7-9H2,1-3H3,(H2,16,18). The van der Waals surface area contributed by atoms with E-state index in [-0.39, 0.29) is 18.1 Å². The highest BCUT2D eigenvalue weighted by atomic mass is 16.5. The Bertz CT molecular complexity index is 473. The maximum absolute atomic E-state index is 11.1. The third kappa shape index (κ3) is 3.33. The number of rotatable bonds is 3. The fraction of sp³-hybridized carbons (Fsp3) is 0.533. The van der Waals surface area contributed by atoms with E-state index in [4.69, 9.17) is 10.5 Å². The quantitative estimate of drug-likeness (QED) is 0.899. The van der Waals surface area contributed by atoms with Gasteiger partial charge in [-0.25, -0.2) is 0 Å². The molecule has 2 unspecified atom stereocenters. The number of carbonyl (C=O) groups is 1. The lowest BCUT2D eigenvalue weighted by Crippen LogP contribution is -2.48. The number of primary amides is 1. The minimum atomic E-state index is -0.284. The molecule has 0 aliphatic carbocycles. The molecule has 19 heavy (non-hydrogen) atoms. The van der Waals surface area contributed by atoms with Crippen LogP contribution >= 0.6 is 0 Å². The fourth-order valence-corrected chi connectivity index (χ4v) is 2.52. The zero-order chi connectivity index (χ0) is 14.0. The molecule has 1 heterocycles. The molecule has 1 aliphatic rings. The van der Waals surface area contributed by atoms with Gasteiger partial charge in [-0.15, -0.1) is 0 Å². The molecule has 1 saturated heterocycles. The van der Waals surface area contributed by atoms with Crippen molar-refractivity contribution in [3.63, 3.8) is 0 Å². The number of ether oxygens (including phenoxy) is 1. The zero-order valence-electron chi connectivity index (χ0n) is 11.8. The minimum Gasteiger partial charge on any atom is -0.371 e. The molecule has 2 atom stereocenters. The Morgan fingerprint density at radius 1 is 1.47 bits per heavy atom. The summed E-state index contributed by atoms with van der Waals surface area (Å²) in [6, 6.07) is 6.61. The highest BCUT2D eigenvalue weighted by molar-refractivity contribution is 5.76. The summed E-state index contributed by atoms with van der Waals surface area (Å²) in [7, 11) is 0. The van der Waals surface area contributed by atoms with Crippen molar-refractivity contribution >= 4 is 5.91 Å². The van der Waals surface area contributed by atoms with Gasteiger partial charge < -0.3 is 10.5 Å². The van der Waals surface area contributed by atoms with Crippen LogP contribution in [0.15, 0.2) is 18.2 Å². The van der Waals surface area contributed by atoms with Crippen LogP contribution in [0.3, 0.4) is 0 Å². The summed E-state index contributed by atoms with van der Waals surface area (Å²) in [5.41, 5.74) is 8.96. The van der Waals surface area contributed by atoms with Crippen molar-refractivity contribution < 1.29 is 9.53 Å². The molecule has 4 nitrogen and oxygen atoms in total. The SMILES string of the molecule is Cc1ccc(C)c(C2CN(CC(N)=O)C(C)CO2)c1. The van der Waals surface area contributed by atoms with Crippen molar-refractivity contribution in [2.45, 2.75) is 32.9 Å². The first kappa shape index (κ1) is 14.0. The van der Waals surface area contributed by atoms with E-state index in [0.29, 0.717) is 19.7 Å². The molecule has 0 radical (unpaired) electrons. The topological polar surface area (TPSA) is 55.6 Å². The molecule has 1 aromatic rings. The highest BCUT2D eigenvalue weighted by Crippen LogP contribution is 2.27. The number of carbonyl (C=O) groups excluding carboxylic acids is 1. The summed E-state index contributed by atoms with van der Waals surface area (Å²) < 4.78 is 5.93. The van der Waals surface area contributed by atoms with Crippen molar-refractivity contribution in [2.24, 2.45) is 5.73 Å². The van der Waals surface area contributed by atoms with E-state index in [1.165, 1.54) is 16.7 Å². The number of nitrogens with zero attached hydrogens (tertiary/aromatic N) is 1. The molecule has 2 rings (SSSR count). The highest BCUT2D eigenvalue weighted by Gasteiger charge is 2.28. The van der Waals surface area contributed by atoms with Crippen molar-refractivity contribution in [1.29, 1.82) is 0 Å². The van der Waals surface area contributed by atoms with E-state index in [1.54, 1.807) is 0 Å². The molecule has 1 fully saturated rings. The minimum absolute atomic E-state index is 0.0236. The van der Waals surface area contributed by atoms with Gasteiger partial charge in [0.15, 0.2) is 0 Å². The Hall–Kier alpha value is -1.39. The largest absolute Gasteiger partial charge is 0.371 e. The molecule has 4 heteroatoms. The summed E-state index contributed by atoms with van der Waals surface area (Å²) in [6.07, 6.45) is 0.0236. The molecule has 0 aromatic heterocycles. The maximum Gasteiger partial charge on any atom is 0.231 e. The molecular weight excluding hydrogens is 240 g/mol. The van der Waals surface area contributed by atoms with Crippen LogP contribution in [0.4, 0.5) is 0 Å². The summed E-state index contributed by atoms with van der Waals surface area (Å²) in [5, 5.41) is 0. The second kappa shape index (κ2) is 5.72. The Balaban J connectivity index is 2.17. The Labute approximate surface area is 114 Å². The predicted octanol–water partition coefficient (Wildman–Crippen LogP) is 1.55. The first-order valence-corrected chi connectivity index (χ1v) is 6.68. The molecule has 2 N–H and O–H groups in total. The van der Waals surface area contributed by atoms with Crippen molar-refractivity contribution in [1.82, 2.24) is 4.90 Å². The monoisotopic (exact) mass is 262 g/mol. The van der Waals surface area contributed by atoms with E-state index >= 15 is 0 Å². The molecule has 0 bridgehead atoms. The second-order valence-corrected chi connectivity index (χ2v) is 5.43. The van der Waals surface area contributed by atoms with E-state index in [2.05, 4.69) is 43.9 Å². The van der Waals surface area contributed by atoms with E-state index in [1.807, 2.05) is 0 Å². The van der Waals surface area contributed by atoms with Crippen LogP contribution in [0.1, 0.15) is 29.7 Å². The van der Waals surface area contributed by atoms with Gasteiger partial charge in [-0.05, 0) is 31.9 Å². The predicted molar refractivity (Wildman–Crippen MR) is 74.8 cm³/mol. The third-order valence-electron chi connectivity index (χ3n) is 3.70. The number of amides is 1. The number of hydrogen-bond acceptors (Lipinski definition) is 3. The molecule has 1 amide bonds. The Morgan fingerprint density at radius 3 is 2.89 bits per heavy atom. The van der Waals surface area contributed by atoms with Crippen molar-refractivity contribution in [3.8, 4) is 0 Å². The summed E-state index contributed by atoms with van der Waals surface area (Å²) >= 11 is 0. The van der Waals surface area contributed by atoms with Gasteiger partial charge in [0.05, 0.1) is 19.3 Å². The molecule has 0 spiro atoms. The second-order valence-electron chi connectivity index (χ2n) is 5.43. The van der Waals surface area contributed by atoms with Gasteiger partial charge in [0.2, 0.25) is 5.91 Å². The molecular formula is C15H22N2O2. The fourth-order valence-electron chi connectivity index (χ4n) is 2.52. The number of aryl methyl sites for hydroxylation is 2. The van der Waals surface area contributed by atoms with Crippen LogP contribution in [-0.4, -0.2) is 36.5 Å². The average Bonchev–Trinajstić information content (AvgIpc) is 2.34. The van der Waals surface area contributed by atoms with Gasteiger partial charge in [-0.2, -0.15) is 0 Å². The van der Waals surface area contributed by atoms with Crippen LogP contribution in [0, 0.1) is 13.8 Å². The van der Waals surface area contributed by atoms with Crippen LogP contribution in [0.5, 0.6) is 0 Å². The Morgan fingerprint density at radius 2 is 2.21 bits per heavy atom. The van der Waals surface area contributed by atoms with E-state index in [0.717, 1.165) is 0 Å². The molecule has 1 aromatic carbocycles. The third-order valence-corrected chi connectivity index (χ3v) is 3.70. The van der Waals surface area contributed by atoms with Crippen molar-refractivity contribution in [2.75, 3.05) is 19.7 Å². The lowest BCUT2D eigenvalue weighted by Gasteiger charge is -2.38. The van der Waals surface area contributed by atoms with E-state index in [9.17, 15) is 4.79 Å². The van der Waals surface area contributed by atoms with Gasteiger partial charge in [-0.3, -0.25) is 9.69 Å². The van der Waals surface area contributed by atoms with Crippen LogP contribution in [-0.2, 0) is 9.53 Å². The lowest BCUT2D eigenvalue weighted by atomic mass is 9.99. The van der Waals surface area contributed by atoms with Crippen LogP contribution < -0.4 is 5.73 Å². The number of hydrogen-bond donors (Lipinski definition) is 1. The van der Waals surface area contributed by atoms with Gasteiger partial charge in [0, 0.05) is 12.6 Å². The maximum atomic E-state index is 11.1. The van der Waals surface area contributed by atoms with Crippen molar-refractivity contribution in [3.05, 3.63) is 34.9 Å². The first-order valence-electron chi connectivity index (χ1n) is 6.68. The van der Waals surface area contributed by atoms with Crippen LogP contribution in [0.25, 0.3) is 0 Å². The molecule has 1 aliphatic heterocycles. The first-order chi connectivity index (χ1) is 8.97. The number of morpholine rings is 1. The number of benzene rings is 1. The van der Waals surface area contributed by atoms with E-state index < -0.39 is 0 Å². The normalized spacial score (nSPS) is 24.4. The number of nitrogens with two attached hydrogens (primary N) is 1. The summed E-state index contributed by atoms with van der Waals surface area (Å²) in [6.45, 7) is 7.87. The Kier molecular flexibility index (Phi) is 4.22. The molecule has 0 saturated carbocycles. The average molecular weight is 262 g/mol.